The van der Waals surface area contributed by atoms with Crippen molar-refractivity contribution in [2.75, 3.05) is 37.6 Å². The van der Waals surface area contributed by atoms with Crippen LogP contribution in [0, 0.1) is 10.7 Å². The molecule has 2 aromatic rings. The minimum Gasteiger partial charge on any atom is -0.354 e. The van der Waals surface area contributed by atoms with Crippen LogP contribution in [0.4, 0.5) is 10.2 Å². The number of hydrogen-bond donors (Lipinski definition) is 0. The lowest BCUT2D eigenvalue weighted by Gasteiger charge is -2.36. The first-order valence-corrected chi connectivity index (χ1v) is 7.72. The van der Waals surface area contributed by atoms with Crippen LogP contribution < -0.4 is 4.90 Å². The highest BCUT2D eigenvalue weighted by Crippen LogP contribution is 2.20. The quantitative estimate of drug-likeness (QED) is 0.796. The molecule has 120 valence electrons. The predicted molar refractivity (Wildman–Crippen MR) is 87.8 cm³/mol. The van der Waals surface area contributed by atoms with Gasteiger partial charge in [0.15, 0.2) is 0 Å². The molecule has 0 amide bonds. The second-order valence-electron chi connectivity index (χ2n) is 5.65. The molecule has 0 radical (unpaired) electrons. The first-order chi connectivity index (χ1) is 11.3. The highest BCUT2D eigenvalue weighted by Gasteiger charge is 2.22. The van der Waals surface area contributed by atoms with Crippen LogP contribution in [-0.4, -0.2) is 42.6 Å². The Kier molecular flexibility index (Phi) is 4.92. The number of rotatable bonds is 5. The van der Waals surface area contributed by atoms with Gasteiger partial charge in [-0.15, -0.1) is 0 Å². The van der Waals surface area contributed by atoms with Crippen molar-refractivity contribution in [1.29, 1.82) is 0 Å². The molecule has 1 aromatic heterocycles. The van der Waals surface area contributed by atoms with Gasteiger partial charge in [0.05, 0.1) is 0 Å². The zero-order valence-electron chi connectivity index (χ0n) is 12.8. The lowest BCUT2D eigenvalue weighted by atomic mass is 10.1. The molecule has 2 heterocycles. The number of hydrogen-bond acceptors (Lipinski definition) is 5. The van der Waals surface area contributed by atoms with E-state index in [-0.39, 0.29) is 5.82 Å². The molecule has 1 atom stereocenters. The van der Waals surface area contributed by atoms with Crippen LogP contribution in [0.15, 0.2) is 53.8 Å². The molecule has 1 aliphatic rings. The molecule has 1 unspecified atom stereocenters. The van der Waals surface area contributed by atoms with Crippen molar-refractivity contribution < 1.29 is 4.39 Å². The number of halogens is 1. The van der Waals surface area contributed by atoms with Crippen molar-refractivity contribution in [3.05, 3.63) is 64.9 Å². The van der Waals surface area contributed by atoms with E-state index < -0.39 is 6.04 Å². The van der Waals surface area contributed by atoms with Gasteiger partial charge in [-0.05, 0) is 29.8 Å². The maximum atomic E-state index is 13.0. The molecule has 1 saturated heterocycles. The largest absolute Gasteiger partial charge is 0.354 e. The van der Waals surface area contributed by atoms with Crippen LogP contribution in [0.2, 0.25) is 0 Å². The van der Waals surface area contributed by atoms with Gasteiger partial charge in [-0.1, -0.05) is 23.4 Å². The summed E-state index contributed by atoms with van der Waals surface area (Å²) in [5.74, 6) is 0.679. The lowest BCUT2D eigenvalue weighted by molar-refractivity contribution is 0.243. The zero-order valence-corrected chi connectivity index (χ0v) is 12.8. The normalized spacial score (nSPS) is 17.0. The Balaban J connectivity index is 1.57. The fourth-order valence-corrected chi connectivity index (χ4v) is 2.83. The molecule has 0 spiro atoms. The van der Waals surface area contributed by atoms with Crippen molar-refractivity contribution in [3.8, 4) is 0 Å². The third-order valence-electron chi connectivity index (χ3n) is 4.16. The van der Waals surface area contributed by atoms with Gasteiger partial charge >= 0.3 is 0 Å². The SMILES string of the molecule is O=NC(CN1CCN(c2ccccn2)CC1)c1ccc(F)cc1. The number of nitrogens with zero attached hydrogens (tertiary/aromatic N) is 4. The fourth-order valence-electron chi connectivity index (χ4n) is 2.83. The van der Waals surface area contributed by atoms with E-state index in [2.05, 4.69) is 20.0 Å². The van der Waals surface area contributed by atoms with Crippen molar-refractivity contribution in [1.82, 2.24) is 9.88 Å². The van der Waals surface area contributed by atoms with E-state index in [1.807, 2.05) is 18.2 Å². The highest BCUT2D eigenvalue weighted by atomic mass is 19.1. The topological polar surface area (TPSA) is 48.8 Å². The van der Waals surface area contributed by atoms with E-state index in [0.717, 1.165) is 37.6 Å². The van der Waals surface area contributed by atoms with Gasteiger partial charge in [0.2, 0.25) is 0 Å². The summed E-state index contributed by atoms with van der Waals surface area (Å²) in [6, 6.07) is 11.4. The third kappa shape index (κ3) is 3.90. The van der Waals surface area contributed by atoms with E-state index in [1.54, 1.807) is 18.3 Å². The van der Waals surface area contributed by atoms with Crippen LogP contribution in [0.1, 0.15) is 11.6 Å². The first kappa shape index (κ1) is 15.6. The van der Waals surface area contributed by atoms with Gasteiger partial charge in [0.1, 0.15) is 17.7 Å². The Bertz CT molecular complexity index is 627. The number of pyridine rings is 1. The average molecular weight is 314 g/mol. The van der Waals surface area contributed by atoms with Gasteiger partial charge in [-0.25, -0.2) is 9.37 Å². The molecule has 6 heteroatoms. The monoisotopic (exact) mass is 314 g/mol. The Hall–Kier alpha value is -2.34. The van der Waals surface area contributed by atoms with Crippen molar-refractivity contribution >= 4 is 5.82 Å². The minimum absolute atomic E-state index is 0.303. The molecule has 5 nitrogen and oxygen atoms in total. The van der Waals surface area contributed by atoms with Crippen LogP contribution in [0.5, 0.6) is 0 Å². The summed E-state index contributed by atoms with van der Waals surface area (Å²) in [5, 5.41) is 3.22. The summed E-state index contributed by atoms with van der Waals surface area (Å²) >= 11 is 0. The molecule has 1 fully saturated rings. The maximum Gasteiger partial charge on any atom is 0.129 e. The van der Waals surface area contributed by atoms with Crippen LogP contribution in [0.3, 0.4) is 0 Å². The summed E-state index contributed by atoms with van der Waals surface area (Å²) in [6.45, 7) is 4.00. The molecule has 0 aliphatic carbocycles. The molecule has 1 aromatic carbocycles. The molecule has 1 aliphatic heterocycles. The van der Waals surface area contributed by atoms with E-state index in [4.69, 9.17) is 0 Å². The van der Waals surface area contributed by atoms with Gasteiger partial charge in [0.25, 0.3) is 0 Å². The van der Waals surface area contributed by atoms with Gasteiger partial charge in [-0.3, -0.25) is 4.90 Å². The summed E-state index contributed by atoms with van der Waals surface area (Å²) in [6.07, 6.45) is 1.79. The molecular formula is C17H19FN4O. The first-order valence-electron chi connectivity index (χ1n) is 7.72. The number of nitroso groups, excluding NO2 is 1. The molecular weight excluding hydrogens is 295 g/mol. The second kappa shape index (κ2) is 7.28. The molecule has 0 saturated carbocycles. The van der Waals surface area contributed by atoms with E-state index >= 15 is 0 Å². The van der Waals surface area contributed by atoms with E-state index in [1.165, 1.54) is 12.1 Å². The smallest absolute Gasteiger partial charge is 0.129 e. The standard InChI is InChI=1S/C17H19FN4O/c18-15-6-4-14(5-7-15)16(20-23)13-21-9-11-22(12-10-21)17-3-1-2-8-19-17/h1-8,16H,9-13H2. The predicted octanol–water partition coefficient (Wildman–Crippen LogP) is 2.85. The lowest BCUT2D eigenvalue weighted by Crippen LogP contribution is -2.47. The number of anilines is 1. The number of aromatic nitrogens is 1. The zero-order chi connectivity index (χ0) is 16.1. The third-order valence-corrected chi connectivity index (χ3v) is 4.16. The average Bonchev–Trinajstić information content (AvgIpc) is 2.62. The Morgan fingerprint density at radius 2 is 1.83 bits per heavy atom. The second-order valence-corrected chi connectivity index (χ2v) is 5.65. The summed E-state index contributed by atoms with van der Waals surface area (Å²) in [5.41, 5.74) is 0.758. The summed E-state index contributed by atoms with van der Waals surface area (Å²) in [7, 11) is 0. The number of benzene rings is 1. The Morgan fingerprint density at radius 1 is 1.09 bits per heavy atom. The van der Waals surface area contributed by atoms with Crippen molar-refractivity contribution in [2.45, 2.75) is 6.04 Å². The summed E-state index contributed by atoms with van der Waals surface area (Å²) in [4.78, 5) is 20.0. The Morgan fingerprint density at radius 3 is 2.43 bits per heavy atom. The molecule has 3 rings (SSSR count). The van der Waals surface area contributed by atoms with Crippen LogP contribution in [-0.2, 0) is 0 Å². The van der Waals surface area contributed by atoms with E-state index in [9.17, 15) is 9.30 Å². The molecule has 23 heavy (non-hydrogen) atoms. The summed E-state index contributed by atoms with van der Waals surface area (Å²) < 4.78 is 13.0. The molecule has 0 bridgehead atoms. The minimum atomic E-state index is -0.461. The van der Waals surface area contributed by atoms with E-state index in [0.29, 0.717) is 6.54 Å². The Labute approximate surface area is 134 Å². The maximum absolute atomic E-state index is 13.0. The van der Waals surface area contributed by atoms with Gasteiger partial charge in [-0.2, -0.15) is 4.91 Å². The fraction of sp³-hybridized carbons (Fsp3) is 0.353. The van der Waals surface area contributed by atoms with Crippen LogP contribution in [0.25, 0.3) is 0 Å². The van der Waals surface area contributed by atoms with Gasteiger partial charge in [0, 0.05) is 38.9 Å². The van der Waals surface area contributed by atoms with Crippen LogP contribution >= 0.6 is 0 Å². The van der Waals surface area contributed by atoms with Gasteiger partial charge < -0.3 is 4.90 Å². The number of piperazine rings is 1. The highest BCUT2D eigenvalue weighted by molar-refractivity contribution is 5.38. The van der Waals surface area contributed by atoms with Crippen molar-refractivity contribution in [3.63, 3.8) is 0 Å². The van der Waals surface area contributed by atoms with Crippen molar-refractivity contribution in [2.24, 2.45) is 5.18 Å². The molecule has 0 N–H and O–H groups in total.